The summed E-state index contributed by atoms with van der Waals surface area (Å²) in [7, 11) is 0. The van der Waals surface area contributed by atoms with Crippen LogP contribution in [0.1, 0.15) is 44.9 Å². The SMILES string of the molecule is O=C(CCCCCN1C(=O)C=CC1=O)OCC1CCC2O[C@H]2C1. The second-order valence-electron chi connectivity index (χ2n) is 6.55. The molecule has 6 nitrogen and oxygen atoms in total. The van der Waals surface area contributed by atoms with Crippen LogP contribution in [0.25, 0.3) is 0 Å². The van der Waals surface area contributed by atoms with Gasteiger partial charge < -0.3 is 9.47 Å². The summed E-state index contributed by atoms with van der Waals surface area (Å²) >= 11 is 0. The molecule has 3 aliphatic rings. The lowest BCUT2D eigenvalue weighted by molar-refractivity contribution is -0.145. The van der Waals surface area contributed by atoms with E-state index in [1.807, 2.05) is 0 Å². The van der Waals surface area contributed by atoms with Crippen LogP contribution in [-0.4, -0.2) is 48.0 Å². The summed E-state index contributed by atoms with van der Waals surface area (Å²) in [6.07, 6.45) is 9.31. The fraction of sp³-hybridized carbons (Fsp3) is 0.706. The molecule has 0 aromatic heterocycles. The number of amides is 2. The molecule has 1 saturated carbocycles. The normalized spacial score (nSPS) is 28.9. The molecule has 2 aliphatic heterocycles. The van der Waals surface area contributed by atoms with E-state index in [2.05, 4.69) is 0 Å². The van der Waals surface area contributed by atoms with E-state index >= 15 is 0 Å². The quantitative estimate of drug-likeness (QED) is 0.294. The van der Waals surface area contributed by atoms with Gasteiger partial charge in [0.1, 0.15) is 0 Å². The minimum Gasteiger partial charge on any atom is -0.465 e. The lowest BCUT2D eigenvalue weighted by Gasteiger charge is -2.18. The molecule has 3 rings (SSSR count). The maximum Gasteiger partial charge on any atom is 0.305 e. The standard InChI is InChI=1S/C17H23NO5/c19-15-7-8-16(20)18(15)9-3-1-2-4-17(21)22-11-12-5-6-13-14(10-12)23-13/h7-8,12-14H,1-6,9-11H2/t12?,13?,14-/m0/s1. The van der Waals surface area contributed by atoms with Crippen LogP contribution < -0.4 is 0 Å². The van der Waals surface area contributed by atoms with Gasteiger partial charge in [-0.05, 0) is 38.0 Å². The van der Waals surface area contributed by atoms with Gasteiger partial charge in [0.2, 0.25) is 0 Å². The van der Waals surface area contributed by atoms with Gasteiger partial charge in [0.15, 0.2) is 0 Å². The van der Waals surface area contributed by atoms with Crippen molar-refractivity contribution < 1.29 is 23.9 Å². The average molecular weight is 321 g/mol. The van der Waals surface area contributed by atoms with Crippen molar-refractivity contribution >= 4 is 17.8 Å². The van der Waals surface area contributed by atoms with Crippen LogP contribution in [-0.2, 0) is 23.9 Å². The number of fused-ring (bicyclic) bond motifs is 1. The molecule has 23 heavy (non-hydrogen) atoms. The van der Waals surface area contributed by atoms with E-state index in [9.17, 15) is 14.4 Å². The zero-order valence-electron chi connectivity index (χ0n) is 13.2. The van der Waals surface area contributed by atoms with Gasteiger partial charge in [0, 0.05) is 25.1 Å². The summed E-state index contributed by atoms with van der Waals surface area (Å²) in [4.78, 5) is 35.7. The number of rotatable bonds is 8. The van der Waals surface area contributed by atoms with E-state index in [1.54, 1.807) is 0 Å². The molecule has 6 heteroatoms. The predicted molar refractivity (Wildman–Crippen MR) is 81.3 cm³/mol. The van der Waals surface area contributed by atoms with Crippen LogP contribution in [0.5, 0.6) is 0 Å². The highest BCUT2D eigenvalue weighted by Crippen LogP contribution is 2.39. The monoisotopic (exact) mass is 321 g/mol. The van der Waals surface area contributed by atoms with Gasteiger partial charge in [-0.1, -0.05) is 6.42 Å². The first-order valence-corrected chi connectivity index (χ1v) is 8.48. The Morgan fingerprint density at radius 3 is 2.65 bits per heavy atom. The maximum atomic E-state index is 11.7. The average Bonchev–Trinajstić information content (AvgIpc) is 3.25. The molecule has 0 radical (unpaired) electrons. The lowest BCUT2D eigenvalue weighted by atomic mass is 9.90. The van der Waals surface area contributed by atoms with Crippen LogP contribution in [0.3, 0.4) is 0 Å². The van der Waals surface area contributed by atoms with Crippen molar-refractivity contribution in [3.63, 3.8) is 0 Å². The molecule has 1 saturated heterocycles. The summed E-state index contributed by atoms with van der Waals surface area (Å²) in [5.41, 5.74) is 0. The smallest absolute Gasteiger partial charge is 0.305 e. The van der Waals surface area contributed by atoms with E-state index < -0.39 is 0 Å². The van der Waals surface area contributed by atoms with E-state index in [1.165, 1.54) is 17.1 Å². The first kappa shape index (κ1) is 16.2. The van der Waals surface area contributed by atoms with E-state index in [0.29, 0.717) is 37.7 Å². The number of carbonyl (C=O) groups excluding carboxylic acids is 3. The summed E-state index contributed by atoms with van der Waals surface area (Å²) in [5.74, 6) is -0.200. The Morgan fingerprint density at radius 2 is 1.91 bits per heavy atom. The molecule has 0 bridgehead atoms. The number of epoxide rings is 1. The van der Waals surface area contributed by atoms with Crippen molar-refractivity contribution in [2.75, 3.05) is 13.2 Å². The Labute approximate surface area is 135 Å². The Hall–Kier alpha value is -1.69. The molecule has 126 valence electrons. The maximum absolute atomic E-state index is 11.7. The topological polar surface area (TPSA) is 76.2 Å². The van der Waals surface area contributed by atoms with Gasteiger partial charge in [-0.25, -0.2) is 0 Å². The fourth-order valence-electron chi connectivity index (χ4n) is 3.29. The highest BCUT2D eigenvalue weighted by atomic mass is 16.6. The number of hydrogen-bond acceptors (Lipinski definition) is 5. The zero-order valence-corrected chi connectivity index (χ0v) is 13.2. The van der Waals surface area contributed by atoms with Crippen molar-refractivity contribution in [2.45, 2.75) is 57.2 Å². The summed E-state index contributed by atoms with van der Waals surface area (Å²) in [6, 6.07) is 0. The molecule has 0 spiro atoms. The summed E-state index contributed by atoms with van der Waals surface area (Å²) in [5, 5.41) is 0. The highest BCUT2D eigenvalue weighted by Gasteiger charge is 2.43. The van der Waals surface area contributed by atoms with Crippen LogP contribution in [0, 0.1) is 5.92 Å². The molecular weight excluding hydrogens is 298 g/mol. The first-order valence-electron chi connectivity index (χ1n) is 8.48. The summed E-state index contributed by atoms with van der Waals surface area (Å²) in [6.45, 7) is 0.929. The number of ether oxygens (including phenoxy) is 2. The van der Waals surface area contributed by atoms with Crippen LogP contribution in [0.4, 0.5) is 0 Å². The third kappa shape index (κ3) is 4.41. The number of unbranched alkanes of at least 4 members (excludes halogenated alkanes) is 2. The first-order chi connectivity index (χ1) is 11.1. The zero-order chi connectivity index (χ0) is 16.2. The number of nitrogens with zero attached hydrogens (tertiary/aromatic N) is 1. The van der Waals surface area contributed by atoms with Gasteiger partial charge in [-0.15, -0.1) is 0 Å². The molecule has 2 fully saturated rings. The Balaban J connectivity index is 1.21. The second-order valence-corrected chi connectivity index (χ2v) is 6.55. The molecular formula is C17H23NO5. The number of imide groups is 1. The Kier molecular flexibility index (Phi) is 5.10. The molecule has 2 unspecified atom stereocenters. The van der Waals surface area contributed by atoms with Gasteiger partial charge in [-0.3, -0.25) is 19.3 Å². The van der Waals surface area contributed by atoms with Gasteiger partial charge in [0.05, 0.1) is 18.8 Å². The van der Waals surface area contributed by atoms with Crippen molar-refractivity contribution in [3.05, 3.63) is 12.2 Å². The minimum atomic E-state index is -0.247. The molecule has 0 aromatic rings. The minimum absolute atomic E-state index is 0.154. The molecule has 2 heterocycles. The lowest BCUT2D eigenvalue weighted by Crippen LogP contribution is -2.30. The van der Waals surface area contributed by atoms with Gasteiger partial charge in [-0.2, -0.15) is 0 Å². The largest absolute Gasteiger partial charge is 0.465 e. The van der Waals surface area contributed by atoms with E-state index in [4.69, 9.17) is 9.47 Å². The molecule has 3 atom stereocenters. The summed E-state index contributed by atoms with van der Waals surface area (Å²) < 4.78 is 10.8. The Bertz CT molecular complexity index is 497. The van der Waals surface area contributed by atoms with Crippen LogP contribution >= 0.6 is 0 Å². The third-order valence-corrected chi connectivity index (χ3v) is 4.76. The van der Waals surface area contributed by atoms with E-state index in [-0.39, 0.29) is 17.8 Å². The van der Waals surface area contributed by atoms with Crippen molar-refractivity contribution in [3.8, 4) is 0 Å². The van der Waals surface area contributed by atoms with Crippen LogP contribution in [0.2, 0.25) is 0 Å². The van der Waals surface area contributed by atoms with Gasteiger partial charge in [0.25, 0.3) is 11.8 Å². The van der Waals surface area contributed by atoms with Crippen molar-refractivity contribution in [2.24, 2.45) is 5.92 Å². The Morgan fingerprint density at radius 1 is 1.13 bits per heavy atom. The number of hydrogen-bond donors (Lipinski definition) is 0. The third-order valence-electron chi connectivity index (χ3n) is 4.76. The van der Waals surface area contributed by atoms with Gasteiger partial charge >= 0.3 is 5.97 Å². The van der Waals surface area contributed by atoms with Crippen molar-refractivity contribution in [1.82, 2.24) is 4.90 Å². The number of carbonyl (C=O) groups is 3. The number of esters is 1. The molecule has 2 amide bonds. The van der Waals surface area contributed by atoms with Crippen LogP contribution in [0.15, 0.2) is 12.2 Å². The molecule has 1 aliphatic carbocycles. The van der Waals surface area contributed by atoms with Crippen molar-refractivity contribution in [1.29, 1.82) is 0 Å². The predicted octanol–water partition coefficient (Wildman–Crippen LogP) is 1.58. The highest BCUT2D eigenvalue weighted by molar-refractivity contribution is 6.12. The molecule has 0 N–H and O–H groups in total. The second kappa shape index (κ2) is 7.25. The molecule has 0 aromatic carbocycles. The van der Waals surface area contributed by atoms with E-state index in [0.717, 1.165) is 38.5 Å². The fourth-order valence-corrected chi connectivity index (χ4v) is 3.29.